The third-order valence-electron chi connectivity index (χ3n) is 4.22. The summed E-state index contributed by atoms with van der Waals surface area (Å²) in [6.07, 6.45) is 2.02. The fourth-order valence-corrected chi connectivity index (χ4v) is 3.13. The zero-order valence-electron chi connectivity index (χ0n) is 15.3. The third kappa shape index (κ3) is 4.86. The second kappa shape index (κ2) is 8.68. The minimum Gasteiger partial charge on any atom is -0.348 e. The second-order valence-corrected chi connectivity index (χ2v) is 7.02. The molecular formula is C21H21N3O2S. The Morgan fingerprint density at radius 3 is 2.44 bits per heavy atom. The maximum absolute atomic E-state index is 12.4. The number of carbonyl (C=O) groups excluding carboxylic acids is 1. The van der Waals surface area contributed by atoms with E-state index in [1.54, 1.807) is 17.8 Å². The molecule has 0 spiro atoms. The summed E-state index contributed by atoms with van der Waals surface area (Å²) in [6.45, 7) is 1.80. The van der Waals surface area contributed by atoms with Crippen molar-refractivity contribution in [2.45, 2.75) is 24.4 Å². The van der Waals surface area contributed by atoms with E-state index in [1.807, 2.05) is 67.8 Å². The summed E-state index contributed by atoms with van der Waals surface area (Å²) in [6, 6.07) is 20.6. The number of nitrogens with one attached hydrogen (secondary N) is 1. The first kappa shape index (κ1) is 18.9. The maximum atomic E-state index is 12.4. The molecule has 0 bridgehead atoms. The van der Waals surface area contributed by atoms with Gasteiger partial charge < -0.3 is 5.32 Å². The van der Waals surface area contributed by atoms with Crippen molar-refractivity contribution in [3.63, 3.8) is 0 Å². The van der Waals surface area contributed by atoms with Crippen LogP contribution >= 0.6 is 11.8 Å². The van der Waals surface area contributed by atoms with Crippen molar-refractivity contribution in [3.8, 4) is 11.3 Å². The quantitative estimate of drug-likeness (QED) is 0.666. The lowest BCUT2D eigenvalue weighted by molar-refractivity contribution is -0.122. The number of hydrogen-bond acceptors (Lipinski definition) is 4. The first-order valence-electron chi connectivity index (χ1n) is 8.64. The lowest BCUT2D eigenvalue weighted by atomic mass is 10.1. The summed E-state index contributed by atoms with van der Waals surface area (Å²) in [5, 5.41) is 7.25. The largest absolute Gasteiger partial charge is 0.348 e. The molecular weight excluding hydrogens is 358 g/mol. The van der Waals surface area contributed by atoms with Gasteiger partial charge in [0.2, 0.25) is 5.91 Å². The number of benzene rings is 2. The van der Waals surface area contributed by atoms with Crippen molar-refractivity contribution in [2.24, 2.45) is 0 Å². The molecule has 1 N–H and O–H groups in total. The van der Waals surface area contributed by atoms with E-state index in [2.05, 4.69) is 10.4 Å². The Labute approximate surface area is 162 Å². The molecule has 0 aliphatic heterocycles. The SMILES string of the molecule is CSc1ccc([C@@H](C)NC(=O)Cn2nc(-c3ccccc3)ccc2=O)cc1. The van der Waals surface area contributed by atoms with Crippen LogP contribution in [0.3, 0.4) is 0 Å². The molecule has 1 atom stereocenters. The second-order valence-electron chi connectivity index (χ2n) is 6.14. The molecule has 138 valence electrons. The van der Waals surface area contributed by atoms with Gasteiger partial charge in [-0.15, -0.1) is 11.8 Å². The molecule has 3 rings (SSSR count). The van der Waals surface area contributed by atoms with E-state index in [0.717, 1.165) is 11.1 Å². The Morgan fingerprint density at radius 1 is 1.07 bits per heavy atom. The molecule has 1 aromatic heterocycles. The van der Waals surface area contributed by atoms with Crippen molar-refractivity contribution in [1.29, 1.82) is 0 Å². The van der Waals surface area contributed by atoms with Gasteiger partial charge in [-0.3, -0.25) is 9.59 Å². The fourth-order valence-electron chi connectivity index (χ4n) is 2.72. The van der Waals surface area contributed by atoms with Crippen LogP contribution in [0.25, 0.3) is 11.3 Å². The van der Waals surface area contributed by atoms with Crippen LogP contribution in [0.5, 0.6) is 0 Å². The maximum Gasteiger partial charge on any atom is 0.267 e. The highest BCUT2D eigenvalue weighted by molar-refractivity contribution is 7.98. The van der Waals surface area contributed by atoms with E-state index < -0.39 is 0 Å². The Balaban J connectivity index is 1.70. The smallest absolute Gasteiger partial charge is 0.267 e. The Hall–Kier alpha value is -2.86. The van der Waals surface area contributed by atoms with Gasteiger partial charge in [0.15, 0.2) is 0 Å². The monoisotopic (exact) mass is 379 g/mol. The van der Waals surface area contributed by atoms with Gasteiger partial charge in [0.25, 0.3) is 5.56 Å². The van der Waals surface area contributed by atoms with Crippen LogP contribution in [0.15, 0.2) is 76.4 Å². The average Bonchev–Trinajstić information content (AvgIpc) is 2.70. The summed E-state index contributed by atoms with van der Waals surface area (Å²) in [5.74, 6) is -0.253. The molecule has 0 fully saturated rings. The van der Waals surface area contributed by atoms with Crippen LogP contribution in [-0.4, -0.2) is 21.9 Å². The van der Waals surface area contributed by atoms with E-state index in [0.29, 0.717) is 5.69 Å². The summed E-state index contributed by atoms with van der Waals surface area (Å²) in [4.78, 5) is 25.7. The molecule has 6 heteroatoms. The first-order chi connectivity index (χ1) is 13.1. The minimum absolute atomic E-state index is 0.118. The van der Waals surface area contributed by atoms with Gasteiger partial charge in [0.1, 0.15) is 6.54 Å². The normalized spacial score (nSPS) is 11.8. The molecule has 1 amide bonds. The molecule has 0 aliphatic rings. The highest BCUT2D eigenvalue weighted by atomic mass is 32.2. The van der Waals surface area contributed by atoms with Crippen LogP contribution in [0, 0.1) is 0 Å². The average molecular weight is 379 g/mol. The van der Waals surface area contributed by atoms with Crippen LogP contribution in [0.2, 0.25) is 0 Å². The number of amides is 1. The number of aromatic nitrogens is 2. The first-order valence-corrected chi connectivity index (χ1v) is 9.86. The van der Waals surface area contributed by atoms with Gasteiger partial charge in [0, 0.05) is 16.5 Å². The Bertz CT molecular complexity index is 969. The molecule has 0 saturated heterocycles. The Kier molecular flexibility index (Phi) is 6.08. The molecule has 0 radical (unpaired) electrons. The standard InChI is InChI=1S/C21H21N3O2S/c1-15(16-8-10-18(27-2)11-9-16)22-20(25)14-24-21(26)13-12-19(23-24)17-6-4-3-5-7-17/h3-13,15H,14H2,1-2H3,(H,22,25)/t15-/m1/s1. The van der Waals surface area contributed by atoms with Crippen molar-refractivity contribution >= 4 is 17.7 Å². The number of hydrogen-bond donors (Lipinski definition) is 1. The topological polar surface area (TPSA) is 64.0 Å². The summed E-state index contributed by atoms with van der Waals surface area (Å²) < 4.78 is 1.20. The molecule has 0 saturated carbocycles. The number of nitrogens with zero attached hydrogens (tertiary/aromatic N) is 2. The lowest BCUT2D eigenvalue weighted by Gasteiger charge is -2.15. The highest BCUT2D eigenvalue weighted by Crippen LogP contribution is 2.19. The van der Waals surface area contributed by atoms with Gasteiger partial charge in [-0.2, -0.15) is 5.10 Å². The summed E-state index contributed by atoms with van der Waals surface area (Å²) in [7, 11) is 0. The molecule has 0 aliphatic carbocycles. The molecule has 5 nitrogen and oxygen atoms in total. The van der Waals surface area contributed by atoms with E-state index >= 15 is 0 Å². The van der Waals surface area contributed by atoms with Crippen molar-refractivity contribution in [2.75, 3.05) is 6.26 Å². The minimum atomic E-state index is -0.304. The van der Waals surface area contributed by atoms with E-state index in [9.17, 15) is 9.59 Å². The van der Waals surface area contributed by atoms with E-state index in [-0.39, 0.29) is 24.1 Å². The number of thioether (sulfide) groups is 1. The lowest BCUT2D eigenvalue weighted by Crippen LogP contribution is -2.34. The fraction of sp³-hybridized carbons (Fsp3) is 0.190. The van der Waals surface area contributed by atoms with Crippen LogP contribution in [0.1, 0.15) is 18.5 Å². The van der Waals surface area contributed by atoms with Gasteiger partial charge in [-0.05, 0) is 36.9 Å². The van der Waals surface area contributed by atoms with Gasteiger partial charge >= 0.3 is 0 Å². The molecule has 2 aromatic carbocycles. The van der Waals surface area contributed by atoms with Crippen molar-refractivity contribution < 1.29 is 4.79 Å². The third-order valence-corrected chi connectivity index (χ3v) is 4.97. The van der Waals surface area contributed by atoms with Crippen LogP contribution < -0.4 is 10.9 Å². The zero-order chi connectivity index (χ0) is 19.2. The van der Waals surface area contributed by atoms with Crippen LogP contribution in [-0.2, 0) is 11.3 Å². The molecule has 1 heterocycles. The molecule has 3 aromatic rings. The number of rotatable bonds is 6. The Morgan fingerprint density at radius 2 is 1.78 bits per heavy atom. The summed E-state index contributed by atoms with van der Waals surface area (Å²) >= 11 is 1.67. The van der Waals surface area contributed by atoms with Crippen molar-refractivity contribution in [3.05, 3.63) is 82.6 Å². The summed E-state index contributed by atoms with van der Waals surface area (Å²) in [5.41, 5.74) is 2.26. The highest BCUT2D eigenvalue weighted by Gasteiger charge is 2.12. The van der Waals surface area contributed by atoms with E-state index in [1.165, 1.54) is 15.6 Å². The van der Waals surface area contributed by atoms with Crippen molar-refractivity contribution in [1.82, 2.24) is 15.1 Å². The number of carbonyl (C=O) groups is 1. The van der Waals surface area contributed by atoms with E-state index in [4.69, 9.17) is 0 Å². The molecule has 0 unspecified atom stereocenters. The zero-order valence-corrected chi connectivity index (χ0v) is 16.1. The van der Waals surface area contributed by atoms with Crippen LogP contribution in [0.4, 0.5) is 0 Å². The van der Waals surface area contributed by atoms with Gasteiger partial charge in [-0.1, -0.05) is 42.5 Å². The predicted molar refractivity (Wildman–Crippen MR) is 109 cm³/mol. The van der Waals surface area contributed by atoms with Gasteiger partial charge in [0.05, 0.1) is 11.7 Å². The predicted octanol–water partition coefficient (Wildman–Crippen LogP) is 3.51. The molecule has 27 heavy (non-hydrogen) atoms. The van der Waals surface area contributed by atoms with Gasteiger partial charge in [-0.25, -0.2) is 4.68 Å².